The molecule has 3 N–H and O–H groups in total. The Kier molecular flexibility index (Phi) is 4.64. The van der Waals surface area contributed by atoms with E-state index in [0.717, 1.165) is 9.26 Å². The number of anilines is 3. The molecule has 0 radical (unpaired) electrons. The van der Waals surface area contributed by atoms with Gasteiger partial charge in [-0.05, 0) is 66.8 Å². The van der Waals surface area contributed by atoms with Crippen molar-refractivity contribution >= 4 is 39.8 Å². The van der Waals surface area contributed by atoms with Gasteiger partial charge in [0.2, 0.25) is 5.88 Å². The number of ether oxygens (including phenoxy) is 1. The van der Waals surface area contributed by atoms with E-state index in [9.17, 15) is 4.39 Å². The van der Waals surface area contributed by atoms with Gasteiger partial charge in [0.25, 0.3) is 0 Å². The molecular formula is C14H15FIN3O. The number of hydrogen-bond acceptors (Lipinski definition) is 4. The van der Waals surface area contributed by atoms with Gasteiger partial charge in [-0.1, -0.05) is 0 Å². The highest BCUT2D eigenvalue weighted by molar-refractivity contribution is 14.1. The van der Waals surface area contributed by atoms with Crippen molar-refractivity contribution in [1.29, 1.82) is 0 Å². The lowest BCUT2D eigenvalue weighted by Gasteiger charge is -2.13. The molecule has 1 aromatic carbocycles. The maximum absolute atomic E-state index is 13.1. The number of rotatable bonds is 4. The average molecular weight is 387 g/mol. The fourth-order valence-corrected chi connectivity index (χ4v) is 2.18. The third-order valence-electron chi connectivity index (χ3n) is 2.43. The van der Waals surface area contributed by atoms with Crippen LogP contribution in [0, 0.1) is 9.39 Å². The van der Waals surface area contributed by atoms with Gasteiger partial charge in [-0.2, -0.15) is 4.98 Å². The highest BCUT2D eigenvalue weighted by Crippen LogP contribution is 2.26. The van der Waals surface area contributed by atoms with E-state index >= 15 is 0 Å². The molecule has 2 aromatic rings. The van der Waals surface area contributed by atoms with Crippen molar-refractivity contribution in [2.45, 2.75) is 20.0 Å². The molecule has 1 aromatic heterocycles. The summed E-state index contributed by atoms with van der Waals surface area (Å²) in [5, 5.41) is 3.12. The third kappa shape index (κ3) is 3.72. The van der Waals surface area contributed by atoms with Crippen LogP contribution in [-0.2, 0) is 0 Å². The lowest BCUT2D eigenvalue weighted by molar-refractivity contribution is 0.234. The van der Waals surface area contributed by atoms with Crippen molar-refractivity contribution in [3.05, 3.63) is 39.7 Å². The van der Waals surface area contributed by atoms with E-state index in [1.807, 2.05) is 13.8 Å². The van der Waals surface area contributed by atoms with E-state index in [-0.39, 0.29) is 11.9 Å². The van der Waals surface area contributed by atoms with Crippen molar-refractivity contribution in [2.24, 2.45) is 0 Å². The molecule has 1 heterocycles. The molecule has 0 aliphatic rings. The number of nitrogen functional groups attached to an aromatic ring is 1. The molecule has 0 bridgehead atoms. The maximum atomic E-state index is 13.1. The Bertz CT molecular complexity index is 619. The Morgan fingerprint density at radius 2 is 2.05 bits per heavy atom. The number of nitrogens with zero attached hydrogens (tertiary/aromatic N) is 1. The van der Waals surface area contributed by atoms with Gasteiger partial charge in [0.15, 0.2) is 0 Å². The minimum atomic E-state index is -0.269. The number of halogens is 2. The fraction of sp³-hybridized carbons (Fsp3) is 0.214. The lowest BCUT2D eigenvalue weighted by atomic mass is 10.3. The maximum Gasteiger partial charge on any atom is 0.239 e. The summed E-state index contributed by atoms with van der Waals surface area (Å²) in [4.78, 5) is 4.32. The van der Waals surface area contributed by atoms with Gasteiger partial charge < -0.3 is 15.8 Å². The summed E-state index contributed by atoms with van der Waals surface area (Å²) in [5.41, 5.74) is 7.08. The molecule has 20 heavy (non-hydrogen) atoms. The van der Waals surface area contributed by atoms with Gasteiger partial charge in [-0.3, -0.25) is 0 Å². The summed E-state index contributed by atoms with van der Waals surface area (Å²) in [6.45, 7) is 3.81. The zero-order chi connectivity index (χ0) is 14.7. The van der Waals surface area contributed by atoms with Crippen LogP contribution >= 0.6 is 22.6 Å². The zero-order valence-electron chi connectivity index (χ0n) is 11.2. The van der Waals surface area contributed by atoms with Crippen LogP contribution in [0.2, 0.25) is 0 Å². The summed E-state index contributed by atoms with van der Waals surface area (Å²) in [6.07, 6.45) is -0.00833. The van der Waals surface area contributed by atoms with Crippen LogP contribution in [0.4, 0.5) is 21.6 Å². The van der Waals surface area contributed by atoms with E-state index < -0.39 is 0 Å². The van der Waals surface area contributed by atoms with Gasteiger partial charge in [0, 0.05) is 3.57 Å². The quantitative estimate of drug-likeness (QED) is 0.781. The standard InChI is InChI=1S/C14H15FIN3O/c1-8(2)20-14-11(17)4-6-13(19-14)18-12-5-3-9(15)7-10(12)16/h3-8H,17H2,1-2H3,(H,18,19). The van der Waals surface area contributed by atoms with Gasteiger partial charge in [-0.15, -0.1) is 0 Å². The molecule has 0 atom stereocenters. The Morgan fingerprint density at radius 3 is 2.70 bits per heavy atom. The molecule has 0 fully saturated rings. The van der Waals surface area contributed by atoms with E-state index in [4.69, 9.17) is 10.5 Å². The normalized spacial score (nSPS) is 10.7. The van der Waals surface area contributed by atoms with Crippen LogP contribution in [-0.4, -0.2) is 11.1 Å². The van der Waals surface area contributed by atoms with Gasteiger partial charge in [0.1, 0.15) is 11.6 Å². The van der Waals surface area contributed by atoms with Crippen molar-refractivity contribution in [1.82, 2.24) is 4.98 Å². The van der Waals surface area contributed by atoms with Crippen molar-refractivity contribution in [2.75, 3.05) is 11.1 Å². The highest BCUT2D eigenvalue weighted by atomic mass is 127. The van der Waals surface area contributed by atoms with Crippen molar-refractivity contribution in [3.8, 4) is 5.88 Å². The third-order valence-corrected chi connectivity index (χ3v) is 3.32. The minimum absolute atomic E-state index is 0.00833. The summed E-state index contributed by atoms with van der Waals surface area (Å²) in [7, 11) is 0. The fourth-order valence-electron chi connectivity index (χ4n) is 1.57. The predicted octanol–water partition coefficient (Wildman–Crippen LogP) is 3.94. The first-order chi connectivity index (χ1) is 9.45. The molecule has 6 heteroatoms. The number of nitrogens with one attached hydrogen (secondary N) is 1. The Hall–Kier alpha value is -1.57. The highest BCUT2D eigenvalue weighted by Gasteiger charge is 2.08. The summed E-state index contributed by atoms with van der Waals surface area (Å²) in [5.74, 6) is 0.718. The van der Waals surface area contributed by atoms with Crippen molar-refractivity contribution in [3.63, 3.8) is 0 Å². The largest absolute Gasteiger partial charge is 0.473 e. The smallest absolute Gasteiger partial charge is 0.239 e. The average Bonchev–Trinajstić information content (AvgIpc) is 2.36. The van der Waals surface area contributed by atoms with Crippen molar-refractivity contribution < 1.29 is 9.13 Å². The van der Waals surface area contributed by atoms with Crippen LogP contribution < -0.4 is 15.8 Å². The minimum Gasteiger partial charge on any atom is -0.473 e. The SMILES string of the molecule is CC(C)Oc1nc(Nc2ccc(F)cc2I)ccc1N. The van der Waals surface area contributed by atoms with Crippen LogP contribution in [0.15, 0.2) is 30.3 Å². The molecule has 0 unspecified atom stereocenters. The van der Waals surface area contributed by atoms with Crippen LogP contribution in [0.25, 0.3) is 0 Å². The van der Waals surface area contributed by atoms with Crippen LogP contribution in [0.5, 0.6) is 5.88 Å². The molecule has 0 saturated heterocycles. The van der Waals surface area contributed by atoms with E-state index in [2.05, 4.69) is 32.9 Å². The first-order valence-electron chi connectivity index (χ1n) is 6.11. The van der Waals surface area contributed by atoms with E-state index in [1.54, 1.807) is 18.2 Å². The second kappa shape index (κ2) is 6.25. The number of pyridine rings is 1. The predicted molar refractivity (Wildman–Crippen MR) is 86.8 cm³/mol. The van der Waals surface area contributed by atoms with E-state index in [0.29, 0.717) is 17.4 Å². The van der Waals surface area contributed by atoms with Gasteiger partial charge in [-0.25, -0.2) is 4.39 Å². The Morgan fingerprint density at radius 1 is 1.30 bits per heavy atom. The number of benzene rings is 1. The molecule has 0 spiro atoms. The monoisotopic (exact) mass is 387 g/mol. The topological polar surface area (TPSA) is 60.2 Å². The Labute approximate surface area is 130 Å². The molecule has 2 rings (SSSR count). The first kappa shape index (κ1) is 14.8. The second-order valence-electron chi connectivity index (χ2n) is 4.51. The molecule has 0 saturated carbocycles. The summed E-state index contributed by atoms with van der Waals surface area (Å²) >= 11 is 2.06. The Balaban J connectivity index is 2.25. The molecule has 0 amide bonds. The second-order valence-corrected chi connectivity index (χ2v) is 5.67. The summed E-state index contributed by atoms with van der Waals surface area (Å²) < 4.78 is 19.4. The van der Waals surface area contributed by atoms with Gasteiger partial charge >= 0.3 is 0 Å². The number of aromatic nitrogens is 1. The molecule has 106 valence electrons. The lowest BCUT2D eigenvalue weighted by Crippen LogP contribution is -2.09. The van der Waals surface area contributed by atoms with E-state index in [1.165, 1.54) is 12.1 Å². The number of hydrogen-bond donors (Lipinski definition) is 2. The van der Waals surface area contributed by atoms with Crippen LogP contribution in [0.1, 0.15) is 13.8 Å². The zero-order valence-corrected chi connectivity index (χ0v) is 13.3. The summed E-state index contributed by atoms with van der Waals surface area (Å²) in [6, 6.07) is 7.99. The first-order valence-corrected chi connectivity index (χ1v) is 7.19. The molecule has 0 aliphatic carbocycles. The molecule has 4 nitrogen and oxygen atoms in total. The number of nitrogens with two attached hydrogens (primary N) is 1. The van der Waals surface area contributed by atoms with Gasteiger partial charge in [0.05, 0.1) is 17.5 Å². The van der Waals surface area contributed by atoms with Crippen LogP contribution in [0.3, 0.4) is 0 Å². The molecular weight excluding hydrogens is 372 g/mol. The molecule has 0 aliphatic heterocycles.